The van der Waals surface area contributed by atoms with Crippen LogP contribution in [-0.2, 0) is 14.3 Å². The standard InChI is InChI=1S/C23H25N3O5S/c1-3-14-30-22(29)18-9-11-19(12-10-18)31-15-21(28)25-26-23(32)24-20(27)13-8-17-6-4-16(2)5-7-17/h4-13H,3,14-15H2,1-2H3,(H,25,28)(H2,24,26,27,32)/b13-8+. The molecule has 0 bridgehead atoms. The number of thiocarbonyl (C=S) groups is 1. The Labute approximate surface area is 192 Å². The Morgan fingerprint density at radius 1 is 1.00 bits per heavy atom. The van der Waals surface area contributed by atoms with Gasteiger partial charge in [-0.3, -0.25) is 25.8 Å². The molecule has 0 aromatic heterocycles. The van der Waals surface area contributed by atoms with Gasteiger partial charge in [0.25, 0.3) is 5.91 Å². The number of hydrazine groups is 1. The molecule has 0 unspecified atom stereocenters. The van der Waals surface area contributed by atoms with E-state index >= 15 is 0 Å². The lowest BCUT2D eigenvalue weighted by atomic mass is 10.1. The van der Waals surface area contributed by atoms with Crippen LogP contribution in [0, 0.1) is 6.92 Å². The molecule has 2 amide bonds. The van der Waals surface area contributed by atoms with Crippen LogP contribution < -0.4 is 20.9 Å². The third-order valence-electron chi connectivity index (χ3n) is 3.95. The van der Waals surface area contributed by atoms with Gasteiger partial charge in [0.2, 0.25) is 5.91 Å². The van der Waals surface area contributed by atoms with Crippen LogP contribution in [0.4, 0.5) is 0 Å². The molecule has 0 aliphatic carbocycles. The summed E-state index contributed by atoms with van der Waals surface area (Å²) in [6, 6.07) is 13.9. The number of ether oxygens (including phenoxy) is 2. The van der Waals surface area contributed by atoms with Crippen molar-refractivity contribution in [2.45, 2.75) is 20.3 Å². The highest BCUT2D eigenvalue weighted by molar-refractivity contribution is 7.80. The van der Waals surface area contributed by atoms with Gasteiger partial charge in [0.05, 0.1) is 12.2 Å². The summed E-state index contributed by atoms with van der Waals surface area (Å²) in [7, 11) is 0. The molecule has 2 aromatic rings. The Balaban J connectivity index is 1.68. The summed E-state index contributed by atoms with van der Waals surface area (Å²) in [4.78, 5) is 35.5. The normalized spacial score (nSPS) is 10.3. The number of amides is 2. The predicted octanol–water partition coefficient (Wildman–Crippen LogP) is 2.68. The van der Waals surface area contributed by atoms with E-state index < -0.39 is 17.8 Å². The zero-order valence-corrected chi connectivity index (χ0v) is 18.7. The lowest BCUT2D eigenvalue weighted by Gasteiger charge is -2.11. The molecule has 0 fully saturated rings. The summed E-state index contributed by atoms with van der Waals surface area (Å²) in [6.07, 6.45) is 3.73. The van der Waals surface area contributed by atoms with E-state index in [1.165, 1.54) is 6.08 Å². The van der Waals surface area contributed by atoms with Crippen LogP contribution in [0.15, 0.2) is 54.6 Å². The first-order valence-corrected chi connectivity index (χ1v) is 10.3. The lowest BCUT2D eigenvalue weighted by molar-refractivity contribution is -0.123. The first kappa shape index (κ1) is 24.5. The van der Waals surface area contributed by atoms with E-state index in [-0.39, 0.29) is 11.7 Å². The molecule has 32 heavy (non-hydrogen) atoms. The summed E-state index contributed by atoms with van der Waals surface area (Å²) < 4.78 is 10.4. The molecule has 2 aromatic carbocycles. The molecule has 168 valence electrons. The molecule has 0 saturated heterocycles. The van der Waals surface area contributed by atoms with E-state index in [0.717, 1.165) is 17.5 Å². The topological polar surface area (TPSA) is 106 Å². The molecule has 0 heterocycles. The predicted molar refractivity (Wildman–Crippen MR) is 125 cm³/mol. The van der Waals surface area contributed by atoms with Crippen LogP contribution in [0.1, 0.15) is 34.8 Å². The number of aryl methyl sites for hydroxylation is 1. The molecule has 0 atom stereocenters. The summed E-state index contributed by atoms with van der Waals surface area (Å²) in [5.74, 6) is -0.955. The first-order valence-electron chi connectivity index (χ1n) is 9.92. The molecule has 2 rings (SSSR count). The molecule has 8 nitrogen and oxygen atoms in total. The quantitative estimate of drug-likeness (QED) is 0.243. The van der Waals surface area contributed by atoms with Gasteiger partial charge < -0.3 is 9.47 Å². The molecule has 0 spiro atoms. The Morgan fingerprint density at radius 3 is 2.34 bits per heavy atom. The maximum atomic E-state index is 11.9. The van der Waals surface area contributed by atoms with Gasteiger partial charge in [0.1, 0.15) is 5.75 Å². The summed E-state index contributed by atoms with van der Waals surface area (Å²) in [5, 5.41) is 2.35. The smallest absolute Gasteiger partial charge is 0.338 e. The van der Waals surface area contributed by atoms with Crippen molar-refractivity contribution < 1.29 is 23.9 Å². The molecule has 9 heteroatoms. The average molecular weight is 456 g/mol. The summed E-state index contributed by atoms with van der Waals surface area (Å²) >= 11 is 4.97. The van der Waals surface area contributed by atoms with Crippen molar-refractivity contribution in [2.24, 2.45) is 0 Å². The number of carbonyl (C=O) groups excluding carboxylic acids is 3. The van der Waals surface area contributed by atoms with Crippen molar-refractivity contribution in [3.63, 3.8) is 0 Å². The van der Waals surface area contributed by atoms with Crippen LogP contribution in [0.2, 0.25) is 0 Å². The molecule has 3 N–H and O–H groups in total. The molecule has 0 radical (unpaired) electrons. The molecular weight excluding hydrogens is 430 g/mol. The fourth-order valence-corrected chi connectivity index (χ4v) is 2.46. The van der Waals surface area contributed by atoms with Crippen molar-refractivity contribution >= 4 is 41.2 Å². The summed E-state index contributed by atoms with van der Waals surface area (Å²) in [6.45, 7) is 3.95. The number of carbonyl (C=O) groups is 3. The SMILES string of the molecule is CCCOC(=O)c1ccc(OCC(=O)NNC(=S)NC(=O)/C=C/c2ccc(C)cc2)cc1. The number of hydrogen-bond donors (Lipinski definition) is 3. The van der Waals surface area contributed by atoms with Gasteiger partial charge in [-0.2, -0.15) is 0 Å². The largest absolute Gasteiger partial charge is 0.484 e. The summed E-state index contributed by atoms with van der Waals surface area (Å²) in [5.41, 5.74) is 7.15. The van der Waals surface area contributed by atoms with E-state index in [1.807, 2.05) is 38.1 Å². The van der Waals surface area contributed by atoms with Gasteiger partial charge >= 0.3 is 5.97 Å². The van der Waals surface area contributed by atoms with E-state index in [0.29, 0.717) is 17.9 Å². The Kier molecular flexibility index (Phi) is 9.86. The highest BCUT2D eigenvalue weighted by Crippen LogP contribution is 2.13. The second-order valence-electron chi connectivity index (χ2n) is 6.68. The van der Waals surface area contributed by atoms with E-state index in [4.69, 9.17) is 21.7 Å². The van der Waals surface area contributed by atoms with Gasteiger partial charge in [-0.25, -0.2) is 4.79 Å². The fourth-order valence-electron chi connectivity index (χ4n) is 2.31. The van der Waals surface area contributed by atoms with Gasteiger partial charge in [-0.1, -0.05) is 36.8 Å². The van der Waals surface area contributed by atoms with Crippen LogP contribution in [0.5, 0.6) is 5.75 Å². The number of esters is 1. The minimum atomic E-state index is -0.511. The van der Waals surface area contributed by atoms with Crippen molar-refractivity contribution in [3.8, 4) is 5.75 Å². The fraction of sp³-hybridized carbons (Fsp3) is 0.217. The highest BCUT2D eigenvalue weighted by Gasteiger charge is 2.08. The first-order chi connectivity index (χ1) is 15.4. The zero-order valence-electron chi connectivity index (χ0n) is 17.8. The number of nitrogens with one attached hydrogen (secondary N) is 3. The molecular formula is C23H25N3O5S. The number of rotatable bonds is 8. The zero-order chi connectivity index (χ0) is 23.3. The van der Waals surface area contributed by atoms with Crippen LogP contribution in [0.25, 0.3) is 6.08 Å². The van der Waals surface area contributed by atoms with Crippen molar-refractivity contribution in [1.29, 1.82) is 0 Å². The third kappa shape index (κ3) is 8.97. The van der Waals surface area contributed by atoms with Crippen LogP contribution in [0.3, 0.4) is 0 Å². The maximum absolute atomic E-state index is 11.9. The molecule has 0 saturated carbocycles. The van der Waals surface area contributed by atoms with E-state index in [9.17, 15) is 14.4 Å². The minimum Gasteiger partial charge on any atom is -0.484 e. The van der Waals surface area contributed by atoms with Crippen molar-refractivity contribution in [1.82, 2.24) is 16.2 Å². The average Bonchev–Trinajstić information content (AvgIpc) is 2.79. The van der Waals surface area contributed by atoms with Crippen molar-refractivity contribution in [3.05, 3.63) is 71.3 Å². The Morgan fingerprint density at radius 2 is 1.69 bits per heavy atom. The second-order valence-corrected chi connectivity index (χ2v) is 7.09. The van der Waals surface area contributed by atoms with Gasteiger partial charge in [-0.05, 0) is 61.5 Å². The lowest BCUT2D eigenvalue weighted by Crippen LogP contribution is -2.49. The third-order valence-corrected chi connectivity index (χ3v) is 4.16. The van der Waals surface area contributed by atoms with Crippen LogP contribution in [-0.4, -0.2) is 36.1 Å². The number of hydrogen-bond acceptors (Lipinski definition) is 6. The van der Waals surface area contributed by atoms with Gasteiger partial charge in [0, 0.05) is 6.08 Å². The highest BCUT2D eigenvalue weighted by atomic mass is 32.1. The maximum Gasteiger partial charge on any atom is 0.338 e. The van der Waals surface area contributed by atoms with E-state index in [2.05, 4.69) is 16.2 Å². The molecule has 0 aliphatic rings. The number of benzene rings is 2. The van der Waals surface area contributed by atoms with Crippen LogP contribution >= 0.6 is 12.2 Å². The Hall–Kier alpha value is -3.72. The van der Waals surface area contributed by atoms with Gasteiger partial charge in [-0.15, -0.1) is 0 Å². The minimum absolute atomic E-state index is 0.0631. The van der Waals surface area contributed by atoms with E-state index in [1.54, 1.807) is 30.3 Å². The monoisotopic (exact) mass is 455 g/mol. The Bertz CT molecular complexity index is 972. The van der Waals surface area contributed by atoms with Gasteiger partial charge in [0.15, 0.2) is 11.7 Å². The van der Waals surface area contributed by atoms with Crippen molar-refractivity contribution in [2.75, 3.05) is 13.2 Å². The molecule has 0 aliphatic heterocycles. The second kappa shape index (κ2) is 12.9.